The lowest BCUT2D eigenvalue weighted by Crippen LogP contribution is -2.32. The summed E-state index contributed by atoms with van der Waals surface area (Å²) in [5.41, 5.74) is 0.738. The van der Waals surface area contributed by atoms with Crippen LogP contribution >= 0.6 is 0 Å². The van der Waals surface area contributed by atoms with Gasteiger partial charge in [-0.1, -0.05) is 13.8 Å². The van der Waals surface area contributed by atoms with Crippen LogP contribution in [0.25, 0.3) is 0 Å². The average Bonchev–Trinajstić information content (AvgIpc) is 1.93. The van der Waals surface area contributed by atoms with Gasteiger partial charge in [-0.2, -0.15) is 4.73 Å². The van der Waals surface area contributed by atoms with Crippen molar-refractivity contribution in [2.75, 3.05) is 0 Å². The molecule has 0 N–H and O–H groups in total. The normalized spacial score (nSPS) is 10.5. The fourth-order valence-corrected chi connectivity index (χ4v) is 0.942. The van der Waals surface area contributed by atoms with E-state index in [1.54, 1.807) is 6.20 Å². The highest BCUT2D eigenvalue weighted by molar-refractivity contribution is 4.88. The summed E-state index contributed by atoms with van der Waals surface area (Å²) >= 11 is 0. The summed E-state index contributed by atoms with van der Waals surface area (Å²) in [7, 11) is 0. The summed E-state index contributed by atoms with van der Waals surface area (Å²) in [4.78, 5) is 3.88. The second kappa shape index (κ2) is 3.32. The van der Waals surface area contributed by atoms with Gasteiger partial charge in [-0.3, -0.25) is 4.98 Å². The number of aromatic nitrogens is 2. The van der Waals surface area contributed by atoms with Crippen molar-refractivity contribution in [3.8, 4) is 0 Å². The Hall–Kier alpha value is -1.12. The van der Waals surface area contributed by atoms with Gasteiger partial charge in [0, 0.05) is 6.42 Å². The zero-order valence-electron chi connectivity index (χ0n) is 6.82. The maximum Gasteiger partial charge on any atom is 0.211 e. The molecule has 0 bridgehead atoms. The Morgan fingerprint density at radius 3 is 2.91 bits per heavy atom. The smallest absolute Gasteiger partial charge is 0.211 e. The Bertz CT molecular complexity index is 235. The molecule has 0 saturated carbocycles. The topological polar surface area (TPSA) is 39.8 Å². The van der Waals surface area contributed by atoms with Crippen LogP contribution in [0.2, 0.25) is 0 Å². The standard InChI is InChI=1S/C8H12N2O/c1-7(2)5-8-6-9-3-4-10(8)11/h3-4,6-7H,5H2,1-2H3. The van der Waals surface area contributed by atoms with Crippen molar-refractivity contribution in [1.82, 2.24) is 4.98 Å². The van der Waals surface area contributed by atoms with Gasteiger partial charge in [-0.05, 0) is 5.92 Å². The molecule has 0 saturated heterocycles. The maximum atomic E-state index is 11.0. The molecular weight excluding hydrogens is 140 g/mol. The minimum atomic E-state index is 0.499. The third-order valence-corrected chi connectivity index (χ3v) is 1.41. The third kappa shape index (κ3) is 2.18. The quantitative estimate of drug-likeness (QED) is 0.467. The van der Waals surface area contributed by atoms with Gasteiger partial charge in [0.15, 0.2) is 6.20 Å². The molecule has 60 valence electrons. The number of hydrogen-bond acceptors (Lipinski definition) is 2. The van der Waals surface area contributed by atoms with Gasteiger partial charge in [0.1, 0.15) is 0 Å². The van der Waals surface area contributed by atoms with Crippen LogP contribution in [-0.4, -0.2) is 4.98 Å². The van der Waals surface area contributed by atoms with E-state index in [9.17, 15) is 5.21 Å². The molecule has 0 aromatic carbocycles. The molecule has 1 rings (SSSR count). The SMILES string of the molecule is CC(C)Cc1cncc[n+]1[O-]. The molecule has 0 amide bonds. The second-order valence-electron chi connectivity index (χ2n) is 2.99. The highest BCUT2D eigenvalue weighted by atomic mass is 16.5. The van der Waals surface area contributed by atoms with Gasteiger partial charge in [0.25, 0.3) is 0 Å². The largest absolute Gasteiger partial charge is 0.618 e. The lowest BCUT2D eigenvalue weighted by molar-refractivity contribution is -0.615. The van der Waals surface area contributed by atoms with E-state index >= 15 is 0 Å². The van der Waals surface area contributed by atoms with Crippen LogP contribution in [0.15, 0.2) is 18.6 Å². The fourth-order valence-electron chi connectivity index (χ4n) is 0.942. The number of rotatable bonds is 2. The Kier molecular flexibility index (Phi) is 2.41. The minimum absolute atomic E-state index is 0.499. The van der Waals surface area contributed by atoms with E-state index in [0.29, 0.717) is 5.92 Å². The molecule has 1 aromatic heterocycles. The molecule has 11 heavy (non-hydrogen) atoms. The van der Waals surface area contributed by atoms with Crippen LogP contribution in [0.4, 0.5) is 0 Å². The van der Waals surface area contributed by atoms with E-state index in [0.717, 1.165) is 16.8 Å². The predicted octanol–water partition coefficient (Wildman–Crippen LogP) is 0.913. The monoisotopic (exact) mass is 152 g/mol. The molecule has 0 unspecified atom stereocenters. The zero-order chi connectivity index (χ0) is 8.27. The Morgan fingerprint density at radius 1 is 1.64 bits per heavy atom. The van der Waals surface area contributed by atoms with Crippen LogP contribution in [0, 0.1) is 11.1 Å². The van der Waals surface area contributed by atoms with Gasteiger partial charge in [0.05, 0.1) is 12.4 Å². The van der Waals surface area contributed by atoms with E-state index in [4.69, 9.17) is 0 Å². The molecule has 0 aliphatic carbocycles. The molecular formula is C8H12N2O. The highest BCUT2D eigenvalue weighted by Crippen LogP contribution is 2.00. The first kappa shape index (κ1) is 7.98. The van der Waals surface area contributed by atoms with Crippen molar-refractivity contribution >= 4 is 0 Å². The molecule has 3 heteroatoms. The summed E-state index contributed by atoms with van der Waals surface area (Å²) < 4.78 is 0.868. The lowest BCUT2D eigenvalue weighted by atomic mass is 10.1. The van der Waals surface area contributed by atoms with Crippen molar-refractivity contribution in [1.29, 1.82) is 0 Å². The Morgan fingerprint density at radius 2 is 2.36 bits per heavy atom. The maximum absolute atomic E-state index is 11.0. The van der Waals surface area contributed by atoms with E-state index in [2.05, 4.69) is 18.8 Å². The molecule has 0 aliphatic rings. The number of nitrogens with zero attached hydrogens (tertiary/aromatic N) is 2. The molecule has 1 heterocycles. The Labute approximate surface area is 66.3 Å². The van der Waals surface area contributed by atoms with Crippen LogP contribution in [0.1, 0.15) is 19.5 Å². The summed E-state index contributed by atoms with van der Waals surface area (Å²) in [5.74, 6) is 0.499. The number of hydrogen-bond donors (Lipinski definition) is 0. The van der Waals surface area contributed by atoms with Crippen LogP contribution in [-0.2, 0) is 6.42 Å². The van der Waals surface area contributed by atoms with Crippen LogP contribution < -0.4 is 4.73 Å². The zero-order valence-corrected chi connectivity index (χ0v) is 6.82. The molecule has 0 atom stereocenters. The highest BCUT2D eigenvalue weighted by Gasteiger charge is 2.05. The molecule has 3 nitrogen and oxygen atoms in total. The first-order chi connectivity index (χ1) is 5.20. The first-order valence-corrected chi connectivity index (χ1v) is 3.72. The molecule has 0 fully saturated rings. The van der Waals surface area contributed by atoms with E-state index < -0.39 is 0 Å². The van der Waals surface area contributed by atoms with Crippen molar-refractivity contribution in [3.05, 3.63) is 29.5 Å². The van der Waals surface area contributed by atoms with E-state index in [1.807, 2.05) is 0 Å². The molecule has 0 radical (unpaired) electrons. The van der Waals surface area contributed by atoms with Crippen molar-refractivity contribution in [2.24, 2.45) is 5.92 Å². The first-order valence-electron chi connectivity index (χ1n) is 3.72. The second-order valence-corrected chi connectivity index (χ2v) is 2.99. The van der Waals surface area contributed by atoms with Gasteiger partial charge in [-0.25, -0.2) is 0 Å². The summed E-state index contributed by atoms with van der Waals surface area (Å²) in [6.07, 6.45) is 5.33. The summed E-state index contributed by atoms with van der Waals surface area (Å²) in [5, 5.41) is 11.0. The fraction of sp³-hybridized carbons (Fsp3) is 0.500. The van der Waals surface area contributed by atoms with Crippen molar-refractivity contribution < 1.29 is 4.73 Å². The molecule has 0 aliphatic heterocycles. The van der Waals surface area contributed by atoms with Gasteiger partial charge in [-0.15, -0.1) is 0 Å². The van der Waals surface area contributed by atoms with Gasteiger partial charge in [0.2, 0.25) is 5.69 Å². The van der Waals surface area contributed by atoms with Gasteiger partial charge >= 0.3 is 0 Å². The van der Waals surface area contributed by atoms with Crippen molar-refractivity contribution in [2.45, 2.75) is 20.3 Å². The van der Waals surface area contributed by atoms with E-state index in [-0.39, 0.29) is 0 Å². The molecule has 0 spiro atoms. The van der Waals surface area contributed by atoms with E-state index in [1.165, 1.54) is 12.4 Å². The minimum Gasteiger partial charge on any atom is -0.618 e. The van der Waals surface area contributed by atoms with Crippen molar-refractivity contribution in [3.63, 3.8) is 0 Å². The van der Waals surface area contributed by atoms with Gasteiger partial charge < -0.3 is 5.21 Å². The Balaban J connectivity index is 2.78. The summed E-state index contributed by atoms with van der Waals surface area (Å²) in [6.45, 7) is 4.15. The van der Waals surface area contributed by atoms with Crippen LogP contribution in [0.5, 0.6) is 0 Å². The molecule has 1 aromatic rings. The van der Waals surface area contributed by atoms with Crippen LogP contribution in [0.3, 0.4) is 0 Å². The third-order valence-electron chi connectivity index (χ3n) is 1.41. The predicted molar refractivity (Wildman–Crippen MR) is 41.7 cm³/mol. The summed E-state index contributed by atoms with van der Waals surface area (Å²) in [6, 6.07) is 0. The lowest BCUT2D eigenvalue weighted by Gasteiger charge is -2.04. The average molecular weight is 152 g/mol.